The monoisotopic (exact) mass is 517 g/mol. The van der Waals surface area contributed by atoms with E-state index >= 15 is 0 Å². The maximum atomic E-state index is 13.4. The molecule has 1 amide bonds. The molecule has 0 unspecified atom stereocenters. The van der Waals surface area contributed by atoms with Crippen molar-refractivity contribution < 1.29 is 13.9 Å². The molecule has 5 rings (SSSR count). The van der Waals surface area contributed by atoms with Gasteiger partial charge in [-0.1, -0.05) is 53.5 Å². The fourth-order valence-corrected chi connectivity index (χ4v) is 3.85. The average Bonchev–Trinajstić information content (AvgIpc) is 3.32. The summed E-state index contributed by atoms with van der Waals surface area (Å²) in [6.45, 7) is 0. The van der Waals surface area contributed by atoms with Gasteiger partial charge in [0.25, 0.3) is 0 Å². The van der Waals surface area contributed by atoms with Crippen LogP contribution >= 0.6 is 23.2 Å². The molecule has 0 spiro atoms. The van der Waals surface area contributed by atoms with Gasteiger partial charge in [-0.2, -0.15) is 9.78 Å². The fourth-order valence-electron chi connectivity index (χ4n) is 3.59. The van der Waals surface area contributed by atoms with Crippen LogP contribution in [0.2, 0.25) is 10.0 Å². The third-order valence-corrected chi connectivity index (χ3v) is 5.84. The number of anilines is 1. The summed E-state index contributed by atoms with van der Waals surface area (Å²) in [6.07, 6.45) is 1.67. The minimum Gasteiger partial charge on any atom is -0.457 e. The number of aromatic nitrogens is 2. The van der Waals surface area contributed by atoms with Crippen LogP contribution in [0.5, 0.6) is 11.5 Å². The molecule has 0 radical (unpaired) electrons. The molecule has 0 fully saturated rings. The van der Waals surface area contributed by atoms with E-state index in [1.807, 2.05) is 24.3 Å². The molecule has 0 atom stereocenters. The Morgan fingerprint density at radius 2 is 1.44 bits per heavy atom. The lowest BCUT2D eigenvalue weighted by Gasteiger charge is -2.08. The predicted molar refractivity (Wildman–Crippen MR) is 140 cm³/mol. The third-order valence-electron chi connectivity index (χ3n) is 5.33. The number of hydrogen-bond donors (Lipinski definition) is 1. The van der Waals surface area contributed by atoms with Gasteiger partial charge in [0, 0.05) is 39.1 Å². The lowest BCUT2D eigenvalue weighted by atomic mass is 10.0. The summed E-state index contributed by atoms with van der Waals surface area (Å²) in [4.78, 5) is 13.0. The van der Waals surface area contributed by atoms with Crippen molar-refractivity contribution in [3.8, 4) is 33.9 Å². The van der Waals surface area contributed by atoms with Gasteiger partial charge in [-0.3, -0.25) is 0 Å². The zero-order chi connectivity index (χ0) is 25.1. The van der Waals surface area contributed by atoms with E-state index in [1.54, 1.807) is 66.9 Å². The molecular formula is C28H18Cl2FN3O2. The van der Waals surface area contributed by atoms with Gasteiger partial charge in [-0.15, -0.1) is 0 Å². The minimum atomic E-state index is -0.441. The van der Waals surface area contributed by atoms with Crippen molar-refractivity contribution >= 4 is 34.9 Å². The summed E-state index contributed by atoms with van der Waals surface area (Å²) in [5.74, 6) is 0.507. The van der Waals surface area contributed by atoms with Crippen LogP contribution in [-0.4, -0.2) is 15.8 Å². The highest BCUT2D eigenvalue weighted by molar-refractivity contribution is 6.31. The number of halogens is 3. The molecule has 4 aromatic carbocycles. The largest absolute Gasteiger partial charge is 0.457 e. The highest BCUT2D eigenvalue weighted by Gasteiger charge is 2.17. The maximum Gasteiger partial charge on any atom is 0.346 e. The van der Waals surface area contributed by atoms with Crippen LogP contribution in [0.25, 0.3) is 22.4 Å². The summed E-state index contributed by atoms with van der Waals surface area (Å²) >= 11 is 12.1. The number of benzene rings is 4. The minimum absolute atomic E-state index is 0.382. The Morgan fingerprint density at radius 3 is 2.08 bits per heavy atom. The lowest BCUT2D eigenvalue weighted by Crippen LogP contribution is -2.19. The molecule has 36 heavy (non-hydrogen) atoms. The van der Waals surface area contributed by atoms with Crippen LogP contribution in [0.4, 0.5) is 14.9 Å². The van der Waals surface area contributed by atoms with Gasteiger partial charge in [-0.05, 0) is 66.2 Å². The quantitative estimate of drug-likeness (QED) is 0.254. The first-order valence-electron chi connectivity index (χ1n) is 10.9. The number of carbonyl (C=O) groups excluding carboxylic acids is 1. The van der Waals surface area contributed by atoms with E-state index in [0.29, 0.717) is 32.9 Å². The highest BCUT2D eigenvalue weighted by Crippen LogP contribution is 2.32. The second kappa shape index (κ2) is 10.2. The van der Waals surface area contributed by atoms with Crippen LogP contribution in [0, 0.1) is 5.82 Å². The van der Waals surface area contributed by atoms with Gasteiger partial charge < -0.3 is 10.1 Å². The number of hydrogen-bond acceptors (Lipinski definition) is 3. The van der Waals surface area contributed by atoms with Crippen LogP contribution < -0.4 is 10.1 Å². The molecule has 1 aromatic heterocycles. The van der Waals surface area contributed by atoms with Crippen LogP contribution in [-0.2, 0) is 0 Å². The number of nitrogens with zero attached hydrogens (tertiary/aromatic N) is 2. The SMILES string of the molecule is O=C(Nc1ccc(Oc2cccc(F)c2)cc1)n1cc(-c2ccc(Cl)cc2)c(-c2ccc(Cl)cc2)n1. The summed E-state index contributed by atoms with van der Waals surface area (Å²) < 4.78 is 20.3. The highest BCUT2D eigenvalue weighted by atomic mass is 35.5. The van der Waals surface area contributed by atoms with Crippen LogP contribution in [0.1, 0.15) is 0 Å². The molecule has 1 N–H and O–H groups in total. The number of rotatable bonds is 5. The van der Waals surface area contributed by atoms with Crippen LogP contribution in [0.15, 0.2) is 103 Å². The fraction of sp³-hybridized carbons (Fsp3) is 0. The molecule has 8 heteroatoms. The zero-order valence-corrected chi connectivity index (χ0v) is 20.2. The van der Waals surface area contributed by atoms with Crippen molar-refractivity contribution in [2.24, 2.45) is 0 Å². The van der Waals surface area contributed by atoms with E-state index in [4.69, 9.17) is 27.9 Å². The summed E-state index contributed by atoms with van der Waals surface area (Å²) in [5.41, 5.74) is 3.62. The lowest BCUT2D eigenvalue weighted by molar-refractivity contribution is 0.251. The van der Waals surface area contributed by atoms with Crippen molar-refractivity contribution in [2.45, 2.75) is 0 Å². The molecule has 0 aliphatic rings. The molecule has 0 aliphatic heterocycles. The molecule has 5 nitrogen and oxygen atoms in total. The van der Waals surface area contributed by atoms with Gasteiger partial charge in [-0.25, -0.2) is 9.18 Å². The topological polar surface area (TPSA) is 56.1 Å². The Balaban J connectivity index is 1.39. The standard InChI is InChI=1S/C28H18Cl2FN3O2/c29-20-8-4-18(5-9-20)26-17-34(33-27(26)19-6-10-21(30)11-7-19)28(35)32-23-12-14-24(15-13-23)36-25-3-1-2-22(31)16-25/h1-17H,(H,32,35). The second-order valence-corrected chi connectivity index (χ2v) is 8.74. The van der Waals surface area contributed by atoms with E-state index < -0.39 is 6.03 Å². The molecule has 5 aromatic rings. The molecule has 0 aliphatic carbocycles. The first kappa shape index (κ1) is 23.6. The normalized spacial score (nSPS) is 10.8. The first-order valence-corrected chi connectivity index (χ1v) is 11.7. The summed E-state index contributed by atoms with van der Waals surface area (Å²) in [6, 6.07) is 26.7. The van der Waals surface area contributed by atoms with E-state index in [2.05, 4.69) is 10.4 Å². The van der Waals surface area contributed by atoms with Gasteiger partial charge in [0.1, 0.15) is 23.0 Å². The van der Waals surface area contributed by atoms with Gasteiger partial charge in [0.2, 0.25) is 0 Å². The van der Waals surface area contributed by atoms with Gasteiger partial charge in [0.15, 0.2) is 0 Å². The number of amides is 1. The molecule has 1 heterocycles. The van der Waals surface area contributed by atoms with Gasteiger partial charge in [0.05, 0.1) is 0 Å². The molecule has 0 saturated heterocycles. The molecular weight excluding hydrogens is 500 g/mol. The first-order chi connectivity index (χ1) is 17.4. The Bertz CT molecular complexity index is 1450. The van der Waals surface area contributed by atoms with Crippen molar-refractivity contribution in [3.05, 3.63) is 119 Å². The van der Waals surface area contributed by atoms with E-state index in [1.165, 1.54) is 16.8 Å². The van der Waals surface area contributed by atoms with Crippen molar-refractivity contribution in [1.82, 2.24) is 9.78 Å². The van der Waals surface area contributed by atoms with Crippen molar-refractivity contribution in [2.75, 3.05) is 5.32 Å². The number of carbonyl (C=O) groups is 1. The Kier molecular flexibility index (Phi) is 6.71. The average molecular weight is 518 g/mol. The van der Waals surface area contributed by atoms with Crippen molar-refractivity contribution in [1.29, 1.82) is 0 Å². The number of nitrogens with one attached hydrogen (secondary N) is 1. The zero-order valence-electron chi connectivity index (χ0n) is 18.7. The third kappa shape index (κ3) is 5.40. The van der Waals surface area contributed by atoms with E-state index in [-0.39, 0.29) is 5.82 Å². The number of ether oxygens (including phenoxy) is 1. The summed E-state index contributed by atoms with van der Waals surface area (Å²) in [7, 11) is 0. The smallest absolute Gasteiger partial charge is 0.346 e. The van der Waals surface area contributed by atoms with E-state index in [9.17, 15) is 9.18 Å². The molecule has 178 valence electrons. The molecule has 0 saturated carbocycles. The molecule has 0 bridgehead atoms. The van der Waals surface area contributed by atoms with Crippen molar-refractivity contribution in [3.63, 3.8) is 0 Å². The Hall–Kier alpha value is -4.13. The van der Waals surface area contributed by atoms with Gasteiger partial charge >= 0.3 is 6.03 Å². The second-order valence-electron chi connectivity index (χ2n) is 7.86. The summed E-state index contributed by atoms with van der Waals surface area (Å²) in [5, 5.41) is 8.60. The maximum absolute atomic E-state index is 13.4. The van der Waals surface area contributed by atoms with Crippen LogP contribution in [0.3, 0.4) is 0 Å². The predicted octanol–water partition coefficient (Wildman–Crippen LogP) is 8.54. The van der Waals surface area contributed by atoms with E-state index in [0.717, 1.165) is 16.7 Å². The Morgan fingerprint density at radius 1 is 0.806 bits per heavy atom. The Labute approximate surface area is 216 Å².